The summed E-state index contributed by atoms with van der Waals surface area (Å²) >= 11 is 5.92. The lowest BCUT2D eigenvalue weighted by atomic mass is 10.2. The van der Waals surface area contributed by atoms with Crippen molar-refractivity contribution in [3.8, 4) is 0 Å². The van der Waals surface area contributed by atoms with Gasteiger partial charge in [-0.2, -0.15) is 0 Å². The molecule has 0 aromatic heterocycles. The van der Waals surface area contributed by atoms with Crippen LogP contribution in [0.3, 0.4) is 0 Å². The first-order valence-corrected chi connectivity index (χ1v) is 5.32. The van der Waals surface area contributed by atoms with Crippen LogP contribution in [0.2, 0.25) is 5.02 Å². The molecular weight excluding hydrogens is 214 g/mol. The molecule has 1 aromatic carbocycles. The Kier molecular flexibility index (Phi) is 3.23. The van der Waals surface area contributed by atoms with E-state index < -0.39 is 0 Å². The van der Waals surface area contributed by atoms with Crippen LogP contribution in [0.15, 0.2) is 24.3 Å². The molecule has 1 saturated heterocycles. The van der Waals surface area contributed by atoms with E-state index in [0.717, 1.165) is 12.8 Å². The van der Waals surface area contributed by atoms with E-state index in [4.69, 9.17) is 16.3 Å². The van der Waals surface area contributed by atoms with Gasteiger partial charge >= 0.3 is 0 Å². The minimum atomic E-state index is -0.318. The van der Waals surface area contributed by atoms with Crippen LogP contribution in [-0.4, -0.2) is 18.6 Å². The fourth-order valence-corrected chi connectivity index (χ4v) is 1.74. The number of carbonyl (C=O) groups excluding carboxylic acids is 1. The molecule has 0 saturated carbocycles. The van der Waals surface area contributed by atoms with E-state index in [1.807, 2.05) is 12.1 Å². The van der Waals surface area contributed by atoms with E-state index in [0.29, 0.717) is 17.3 Å². The molecule has 2 rings (SSSR count). The maximum Gasteiger partial charge on any atom is 0.253 e. The second-order valence-electron chi connectivity index (χ2n) is 3.47. The van der Waals surface area contributed by atoms with E-state index >= 15 is 0 Å². The molecule has 1 aliphatic rings. The van der Waals surface area contributed by atoms with Gasteiger partial charge in [-0.3, -0.25) is 4.79 Å². The van der Waals surface area contributed by atoms with Crippen molar-refractivity contribution in [3.05, 3.63) is 29.3 Å². The summed E-state index contributed by atoms with van der Waals surface area (Å²) < 4.78 is 5.27. The largest absolute Gasteiger partial charge is 0.368 e. The molecule has 1 aromatic rings. The van der Waals surface area contributed by atoms with Gasteiger partial charge in [0.15, 0.2) is 0 Å². The van der Waals surface area contributed by atoms with Crippen molar-refractivity contribution in [1.82, 2.24) is 0 Å². The maximum atomic E-state index is 11.7. The van der Waals surface area contributed by atoms with E-state index in [1.165, 1.54) is 0 Å². The molecule has 1 heterocycles. The van der Waals surface area contributed by atoms with Gasteiger partial charge in [0, 0.05) is 6.61 Å². The summed E-state index contributed by atoms with van der Waals surface area (Å²) in [5.41, 5.74) is 0.639. The average molecular weight is 226 g/mol. The first-order chi connectivity index (χ1) is 7.27. The Morgan fingerprint density at radius 2 is 2.27 bits per heavy atom. The second-order valence-corrected chi connectivity index (χ2v) is 3.88. The van der Waals surface area contributed by atoms with E-state index in [9.17, 15) is 4.79 Å². The third-order valence-corrected chi connectivity index (χ3v) is 2.68. The highest BCUT2D eigenvalue weighted by Crippen LogP contribution is 2.22. The lowest BCUT2D eigenvalue weighted by Crippen LogP contribution is -2.26. The summed E-state index contributed by atoms with van der Waals surface area (Å²) in [5.74, 6) is -0.111. The minimum Gasteiger partial charge on any atom is -0.368 e. The van der Waals surface area contributed by atoms with E-state index in [2.05, 4.69) is 5.32 Å². The number of benzene rings is 1. The summed E-state index contributed by atoms with van der Waals surface area (Å²) in [5, 5.41) is 3.30. The van der Waals surface area contributed by atoms with E-state index in [1.54, 1.807) is 12.1 Å². The molecule has 0 spiro atoms. The lowest BCUT2D eigenvalue weighted by molar-refractivity contribution is -0.124. The topological polar surface area (TPSA) is 38.3 Å². The Morgan fingerprint density at radius 3 is 2.93 bits per heavy atom. The number of amides is 1. The first-order valence-electron chi connectivity index (χ1n) is 4.94. The number of ether oxygens (including phenoxy) is 1. The van der Waals surface area contributed by atoms with Crippen LogP contribution in [0.1, 0.15) is 12.8 Å². The van der Waals surface area contributed by atoms with Crippen molar-refractivity contribution in [2.24, 2.45) is 0 Å². The molecule has 0 aliphatic carbocycles. The van der Waals surface area contributed by atoms with Crippen LogP contribution in [-0.2, 0) is 9.53 Å². The molecule has 0 unspecified atom stereocenters. The standard InChI is InChI=1S/C11H12ClNO2/c12-8-4-1-2-5-9(8)13-11(14)10-6-3-7-15-10/h1-2,4-5,10H,3,6-7H2,(H,13,14)/t10-/m1/s1. The normalized spacial score (nSPS) is 20.2. The molecule has 80 valence electrons. The van der Waals surface area contributed by atoms with E-state index in [-0.39, 0.29) is 12.0 Å². The van der Waals surface area contributed by atoms with Crippen LogP contribution >= 0.6 is 11.6 Å². The number of rotatable bonds is 2. The van der Waals surface area contributed by atoms with Crippen molar-refractivity contribution >= 4 is 23.2 Å². The van der Waals surface area contributed by atoms with Gasteiger partial charge in [-0.05, 0) is 25.0 Å². The van der Waals surface area contributed by atoms with Gasteiger partial charge in [0.1, 0.15) is 6.10 Å². The van der Waals surface area contributed by atoms with Crippen LogP contribution < -0.4 is 5.32 Å². The van der Waals surface area contributed by atoms with Gasteiger partial charge in [-0.1, -0.05) is 23.7 Å². The Balaban J connectivity index is 2.02. The zero-order valence-corrected chi connectivity index (χ0v) is 8.96. The molecule has 1 aliphatic heterocycles. The van der Waals surface area contributed by atoms with Crippen molar-refractivity contribution in [2.75, 3.05) is 11.9 Å². The van der Waals surface area contributed by atoms with Gasteiger partial charge in [-0.25, -0.2) is 0 Å². The summed E-state index contributed by atoms with van der Waals surface area (Å²) in [7, 11) is 0. The quantitative estimate of drug-likeness (QED) is 0.840. The highest BCUT2D eigenvalue weighted by Gasteiger charge is 2.23. The maximum absolute atomic E-state index is 11.7. The summed E-state index contributed by atoms with van der Waals surface area (Å²) in [4.78, 5) is 11.7. The number of hydrogen-bond acceptors (Lipinski definition) is 2. The van der Waals surface area contributed by atoms with Crippen LogP contribution in [0.4, 0.5) is 5.69 Å². The lowest BCUT2D eigenvalue weighted by Gasteiger charge is -2.11. The SMILES string of the molecule is O=C(Nc1ccccc1Cl)[C@H]1CCCO1. The Morgan fingerprint density at radius 1 is 1.47 bits per heavy atom. The van der Waals surface area contributed by atoms with Crippen LogP contribution in [0.5, 0.6) is 0 Å². The van der Waals surface area contributed by atoms with Crippen LogP contribution in [0.25, 0.3) is 0 Å². The zero-order valence-electron chi connectivity index (χ0n) is 8.20. The highest BCUT2D eigenvalue weighted by molar-refractivity contribution is 6.33. The summed E-state index contributed by atoms with van der Waals surface area (Å²) in [6, 6.07) is 7.17. The van der Waals surface area contributed by atoms with Crippen molar-refractivity contribution in [2.45, 2.75) is 18.9 Å². The predicted molar refractivity (Wildman–Crippen MR) is 59.1 cm³/mol. The fraction of sp³-hybridized carbons (Fsp3) is 0.364. The molecule has 4 heteroatoms. The number of anilines is 1. The van der Waals surface area contributed by atoms with Gasteiger partial charge in [-0.15, -0.1) is 0 Å². The molecule has 3 nitrogen and oxygen atoms in total. The number of halogens is 1. The molecule has 1 atom stereocenters. The molecule has 1 amide bonds. The van der Waals surface area contributed by atoms with Crippen molar-refractivity contribution < 1.29 is 9.53 Å². The number of carbonyl (C=O) groups is 1. The molecule has 1 N–H and O–H groups in total. The third-order valence-electron chi connectivity index (χ3n) is 2.35. The highest BCUT2D eigenvalue weighted by atomic mass is 35.5. The molecule has 1 fully saturated rings. The average Bonchev–Trinajstić information content (AvgIpc) is 2.74. The molecular formula is C11H12ClNO2. The summed E-state index contributed by atoms with van der Waals surface area (Å²) in [6.07, 6.45) is 1.41. The van der Waals surface area contributed by atoms with Crippen molar-refractivity contribution in [3.63, 3.8) is 0 Å². The Hall–Kier alpha value is -1.06. The first kappa shape index (κ1) is 10.5. The Labute approximate surface area is 93.4 Å². The Bertz CT molecular complexity index is 361. The number of nitrogens with one attached hydrogen (secondary N) is 1. The van der Waals surface area contributed by atoms with Gasteiger partial charge in [0.2, 0.25) is 0 Å². The monoisotopic (exact) mass is 225 g/mol. The minimum absolute atomic E-state index is 0.111. The van der Waals surface area contributed by atoms with Gasteiger partial charge in [0.05, 0.1) is 10.7 Å². The smallest absolute Gasteiger partial charge is 0.253 e. The molecule has 0 radical (unpaired) electrons. The summed E-state index contributed by atoms with van der Waals surface area (Å²) in [6.45, 7) is 0.667. The van der Waals surface area contributed by atoms with Crippen molar-refractivity contribution in [1.29, 1.82) is 0 Å². The molecule has 0 bridgehead atoms. The van der Waals surface area contributed by atoms with Gasteiger partial charge in [0.25, 0.3) is 5.91 Å². The van der Waals surface area contributed by atoms with Crippen LogP contribution in [0, 0.1) is 0 Å². The fourth-order valence-electron chi connectivity index (χ4n) is 1.56. The predicted octanol–water partition coefficient (Wildman–Crippen LogP) is 2.46. The number of para-hydroxylation sites is 1. The number of hydrogen-bond donors (Lipinski definition) is 1. The zero-order chi connectivity index (χ0) is 10.7. The van der Waals surface area contributed by atoms with Gasteiger partial charge < -0.3 is 10.1 Å². The third kappa shape index (κ3) is 2.49. The second kappa shape index (κ2) is 4.64. The molecule has 15 heavy (non-hydrogen) atoms.